The number of aromatic nitrogens is 6. The lowest BCUT2D eigenvalue weighted by molar-refractivity contribution is 0.0395. The Kier molecular flexibility index (Phi) is 7.57. The van der Waals surface area contributed by atoms with E-state index in [0.29, 0.717) is 19.3 Å². The second-order valence-corrected chi connectivity index (χ2v) is 9.22. The molecule has 0 N–H and O–H groups in total. The molecule has 3 aromatic heterocycles. The Morgan fingerprint density at radius 2 is 0.725 bits per heavy atom. The highest BCUT2D eigenvalue weighted by Crippen LogP contribution is 2.09. The molecule has 0 unspecified atom stereocenters. The number of hydrogen-bond acceptors (Lipinski definition) is 6. The van der Waals surface area contributed by atoms with Gasteiger partial charge in [0.05, 0.1) is 35.7 Å². The molecule has 198 valence electrons. The zero-order chi connectivity index (χ0) is 27.0. The summed E-state index contributed by atoms with van der Waals surface area (Å²) in [6.07, 6.45) is 7.16. The van der Waals surface area contributed by atoms with Crippen molar-refractivity contribution in [3.8, 4) is 0 Å². The Balaban J connectivity index is 1.16. The Bertz CT molecular complexity index is 1420. The fraction of sp³-hybridized carbons (Fsp3) is 0.100. The van der Waals surface area contributed by atoms with Crippen LogP contribution < -0.4 is 14.3 Å². The van der Waals surface area contributed by atoms with Gasteiger partial charge in [-0.2, -0.15) is 0 Å². The van der Waals surface area contributed by atoms with Crippen LogP contribution >= 0.6 is 0 Å². The number of benzene rings is 3. The van der Waals surface area contributed by atoms with Crippen LogP contribution in [-0.4, -0.2) is 37.2 Å². The van der Waals surface area contributed by atoms with Gasteiger partial charge in [-0.05, 0) is 34.9 Å². The molecule has 40 heavy (non-hydrogen) atoms. The van der Waals surface area contributed by atoms with E-state index in [4.69, 9.17) is 14.3 Å². The zero-order valence-corrected chi connectivity index (χ0v) is 21.7. The second kappa shape index (κ2) is 12.1. The van der Waals surface area contributed by atoms with Crippen LogP contribution in [0.5, 0.6) is 0 Å². The van der Waals surface area contributed by atoms with Crippen molar-refractivity contribution in [3.63, 3.8) is 0 Å². The smallest absolute Gasteiger partial charge is 0.380 e. The molecule has 3 aromatic carbocycles. The molecular weight excluding hydrogens is 503 g/mol. The Labute approximate surface area is 232 Å². The quantitative estimate of drug-likeness (QED) is 0.225. The van der Waals surface area contributed by atoms with Gasteiger partial charge in [0.15, 0.2) is 0 Å². The summed E-state index contributed by atoms with van der Waals surface area (Å²) in [5, 5.41) is 13.6. The highest BCUT2D eigenvalue weighted by Gasteiger charge is 2.35. The summed E-state index contributed by atoms with van der Waals surface area (Å²) < 4.78 is 17.8. The molecule has 0 aliphatic carbocycles. The van der Waals surface area contributed by atoms with Gasteiger partial charge in [-0.3, -0.25) is 0 Å². The van der Waals surface area contributed by atoms with Crippen LogP contribution in [0.4, 0.5) is 0 Å². The van der Waals surface area contributed by atoms with Crippen LogP contribution in [0.3, 0.4) is 0 Å². The lowest BCUT2D eigenvalue weighted by atomic mass is 10.1. The molecule has 6 rings (SSSR count). The van der Waals surface area contributed by atoms with Crippen molar-refractivity contribution in [3.05, 3.63) is 162 Å². The molecule has 0 bridgehead atoms. The maximum Gasteiger partial charge on any atom is 0.929 e. The topological polar surface area (TPSA) is 81.1 Å². The zero-order valence-electron chi connectivity index (χ0n) is 21.7. The summed E-state index contributed by atoms with van der Waals surface area (Å²) in [7, 11) is -1.24. The molecule has 0 amide bonds. The third-order valence-corrected chi connectivity index (χ3v) is 6.13. The van der Waals surface area contributed by atoms with Gasteiger partial charge in [-0.1, -0.05) is 91.0 Å². The minimum absolute atomic E-state index is 0.674. The van der Waals surface area contributed by atoms with Crippen LogP contribution in [0, 0.1) is 0 Å². The second-order valence-electron chi connectivity index (χ2n) is 9.22. The Hall–Kier alpha value is -5.25. The number of rotatable bonds is 12. The van der Waals surface area contributed by atoms with E-state index in [-0.39, 0.29) is 0 Å². The van der Waals surface area contributed by atoms with E-state index in [1.807, 2.05) is 72.8 Å². The Morgan fingerprint density at radius 1 is 0.425 bits per heavy atom. The molecule has 0 spiro atoms. The van der Waals surface area contributed by atoms with E-state index in [1.54, 1.807) is 18.6 Å². The third kappa shape index (κ3) is 6.79. The van der Waals surface area contributed by atoms with Crippen molar-refractivity contribution in [2.24, 2.45) is 0 Å². The van der Waals surface area contributed by atoms with Crippen molar-refractivity contribution in [2.75, 3.05) is 0 Å². The molecule has 0 aliphatic rings. The predicted octanol–water partition coefficient (Wildman–Crippen LogP) is 3.72. The fourth-order valence-corrected chi connectivity index (χ4v) is 4.23. The minimum Gasteiger partial charge on any atom is -0.380 e. The number of nitrogens with zero attached hydrogens (tertiary/aromatic N) is 6. The van der Waals surface area contributed by atoms with Gasteiger partial charge in [0.25, 0.3) is 0 Å². The molecule has 0 aliphatic heterocycles. The van der Waals surface area contributed by atoms with E-state index in [0.717, 1.165) is 33.8 Å². The predicted molar refractivity (Wildman–Crippen MR) is 150 cm³/mol. The van der Waals surface area contributed by atoms with E-state index in [2.05, 4.69) is 51.7 Å². The Morgan fingerprint density at radius 3 is 1.02 bits per heavy atom. The largest absolute Gasteiger partial charge is 0.929 e. The van der Waals surface area contributed by atoms with Gasteiger partial charge in [0.2, 0.25) is 0 Å². The SMILES string of the molecule is c1ccc(Cc2ccn(OB(On3ccc(Cc4ccccc4)n3)On3ccc(Cc4ccccc4)n3)n2)cc1. The minimum atomic E-state index is -1.24. The van der Waals surface area contributed by atoms with Crippen molar-refractivity contribution < 1.29 is 14.3 Å². The third-order valence-electron chi connectivity index (χ3n) is 6.13. The van der Waals surface area contributed by atoms with E-state index in [1.165, 1.54) is 14.5 Å². The molecule has 0 fully saturated rings. The van der Waals surface area contributed by atoms with Gasteiger partial charge in [0.1, 0.15) is 0 Å². The summed E-state index contributed by atoms with van der Waals surface area (Å²) in [6, 6.07) is 36.0. The summed E-state index contributed by atoms with van der Waals surface area (Å²) in [5.41, 5.74) is 6.00. The van der Waals surface area contributed by atoms with E-state index in [9.17, 15) is 0 Å². The van der Waals surface area contributed by atoms with E-state index >= 15 is 0 Å². The van der Waals surface area contributed by atoms with Crippen molar-refractivity contribution in [1.29, 1.82) is 0 Å². The van der Waals surface area contributed by atoms with Crippen LogP contribution in [0.2, 0.25) is 0 Å². The normalized spacial score (nSPS) is 10.8. The molecule has 9 nitrogen and oxygen atoms in total. The fourth-order valence-electron chi connectivity index (χ4n) is 4.23. The highest BCUT2D eigenvalue weighted by molar-refractivity contribution is 6.37. The first kappa shape index (κ1) is 25.1. The van der Waals surface area contributed by atoms with Crippen LogP contribution in [0.1, 0.15) is 33.8 Å². The van der Waals surface area contributed by atoms with Crippen molar-refractivity contribution >= 4 is 7.32 Å². The molecular formula is C30H27BN6O3. The molecule has 0 atom stereocenters. The first-order valence-corrected chi connectivity index (χ1v) is 13.0. The summed E-state index contributed by atoms with van der Waals surface area (Å²) in [6.45, 7) is 0. The van der Waals surface area contributed by atoms with Crippen LogP contribution in [-0.2, 0) is 19.3 Å². The van der Waals surface area contributed by atoms with Gasteiger partial charge < -0.3 is 14.3 Å². The first-order valence-electron chi connectivity index (χ1n) is 13.0. The highest BCUT2D eigenvalue weighted by atomic mass is 16.9. The van der Waals surface area contributed by atoms with E-state index < -0.39 is 7.32 Å². The van der Waals surface area contributed by atoms with Crippen LogP contribution in [0.15, 0.2) is 128 Å². The molecule has 6 aromatic rings. The number of hydrogen-bond donors (Lipinski definition) is 0. The maximum absolute atomic E-state index is 5.94. The maximum atomic E-state index is 5.94. The standard InChI is InChI=1S/C30H27BN6O3/c1-4-10-25(11-5-1)22-28-16-19-35(32-28)38-31(39-36-20-17-29(33-36)23-26-12-6-2-7-13-26)40-37-21-18-30(34-37)24-27-14-8-3-9-15-27/h1-21H,22-24H2. The van der Waals surface area contributed by atoms with Gasteiger partial charge in [-0.25, -0.2) is 0 Å². The molecule has 0 radical (unpaired) electrons. The molecule has 3 heterocycles. The van der Waals surface area contributed by atoms with Crippen molar-refractivity contribution in [1.82, 2.24) is 29.8 Å². The van der Waals surface area contributed by atoms with Gasteiger partial charge in [-0.15, -0.1) is 29.8 Å². The van der Waals surface area contributed by atoms with Crippen molar-refractivity contribution in [2.45, 2.75) is 19.3 Å². The summed E-state index contributed by atoms with van der Waals surface area (Å²) >= 11 is 0. The van der Waals surface area contributed by atoms with Gasteiger partial charge >= 0.3 is 7.32 Å². The van der Waals surface area contributed by atoms with Crippen LogP contribution in [0.25, 0.3) is 0 Å². The lowest BCUT2D eigenvalue weighted by Gasteiger charge is -2.14. The first-order chi connectivity index (χ1) is 19.7. The average Bonchev–Trinajstić information content (AvgIpc) is 3.73. The summed E-state index contributed by atoms with van der Waals surface area (Å²) in [5.74, 6) is 0. The molecule has 0 saturated heterocycles. The average molecular weight is 530 g/mol. The molecule has 0 saturated carbocycles. The van der Waals surface area contributed by atoms with Gasteiger partial charge in [0, 0.05) is 19.3 Å². The molecule has 10 heteroatoms. The monoisotopic (exact) mass is 530 g/mol. The lowest BCUT2D eigenvalue weighted by Crippen LogP contribution is -2.49. The summed E-state index contributed by atoms with van der Waals surface area (Å²) in [4.78, 5) is 3.98.